The van der Waals surface area contributed by atoms with E-state index in [4.69, 9.17) is 5.26 Å². The first-order valence-corrected chi connectivity index (χ1v) is 7.69. The predicted octanol–water partition coefficient (Wildman–Crippen LogP) is 5.02. The molecule has 0 saturated carbocycles. The Morgan fingerprint density at radius 3 is 2.55 bits per heavy atom. The van der Waals surface area contributed by atoms with Gasteiger partial charge in [-0.15, -0.1) is 0 Å². The van der Waals surface area contributed by atoms with Crippen LogP contribution in [0.5, 0.6) is 0 Å². The van der Waals surface area contributed by atoms with Gasteiger partial charge in [-0.2, -0.15) is 5.26 Å². The summed E-state index contributed by atoms with van der Waals surface area (Å²) in [5.74, 6) is 0.655. The van der Waals surface area contributed by atoms with Crippen molar-refractivity contribution in [3.05, 3.63) is 59.2 Å². The van der Waals surface area contributed by atoms with Gasteiger partial charge in [0, 0.05) is 5.56 Å². The van der Waals surface area contributed by atoms with Crippen LogP contribution in [0.1, 0.15) is 48.7 Å². The third-order valence-corrected chi connectivity index (χ3v) is 4.08. The van der Waals surface area contributed by atoms with E-state index in [0.717, 1.165) is 35.1 Å². The molecule has 0 spiro atoms. The van der Waals surface area contributed by atoms with Crippen molar-refractivity contribution in [3.8, 4) is 17.2 Å². The van der Waals surface area contributed by atoms with E-state index in [1.807, 2.05) is 30.3 Å². The average Bonchev–Trinajstić information content (AvgIpc) is 2.54. The summed E-state index contributed by atoms with van der Waals surface area (Å²) in [6.07, 6.45) is 2.02. The zero-order valence-electron chi connectivity index (χ0n) is 13.4. The van der Waals surface area contributed by atoms with Crippen LogP contribution in [0.2, 0.25) is 0 Å². The highest BCUT2D eigenvalue weighted by atomic mass is 16.1. The molecular weight excluding hydrogens is 270 g/mol. The summed E-state index contributed by atoms with van der Waals surface area (Å²) in [6, 6.07) is 15.7. The molecule has 0 fully saturated rings. The van der Waals surface area contributed by atoms with Gasteiger partial charge >= 0.3 is 0 Å². The molecule has 0 aliphatic rings. The normalized spacial score (nSPS) is 11.7. The number of carbonyl (C=O) groups excluding carboxylic acids is 1. The number of carbonyl (C=O) groups is 1. The minimum atomic E-state index is 0.0941. The molecule has 0 bridgehead atoms. The van der Waals surface area contributed by atoms with Gasteiger partial charge < -0.3 is 0 Å². The second-order valence-electron chi connectivity index (χ2n) is 5.84. The summed E-state index contributed by atoms with van der Waals surface area (Å²) < 4.78 is 0. The number of Topliss-reactive ketones (excluding diaryl/α,β-unsaturated/α-hetero) is 1. The van der Waals surface area contributed by atoms with Crippen molar-refractivity contribution in [2.45, 2.75) is 33.6 Å². The van der Waals surface area contributed by atoms with Crippen molar-refractivity contribution in [1.29, 1.82) is 5.26 Å². The molecule has 1 unspecified atom stereocenters. The zero-order valence-corrected chi connectivity index (χ0v) is 13.4. The number of rotatable bonds is 5. The Bertz CT molecular complexity index is 725. The molecular formula is C20H21NO. The summed E-state index contributed by atoms with van der Waals surface area (Å²) in [5.41, 5.74) is 4.49. The number of nitrogens with zero attached hydrogens (tertiary/aromatic N) is 1. The molecule has 22 heavy (non-hydrogen) atoms. The maximum absolute atomic E-state index is 12.0. The van der Waals surface area contributed by atoms with E-state index in [2.05, 4.69) is 26.0 Å². The van der Waals surface area contributed by atoms with Crippen LogP contribution in [0.25, 0.3) is 11.1 Å². The van der Waals surface area contributed by atoms with Gasteiger partial charge in [0.2, 0.25) is 0 Å². The van der Waals surface area contributed by atoms with Gasteiger partial charge in [0.15, 0.2) is 5.78 Å². The van der Waals surface area contributed by atoms with Gasteiger partial charge in [0.1, 0.15) is 0 Å². The molecule has 0 N–H and O–H groups in total. The van der Waals surface area contributed by atoms with Crippen molar-refractivity contribution in [3.63, 3.8) is 0 Å². The SMILES string of the molecule is CCC(C)Cc1ccc(-c2cccc(C#N)c2)cc1C(C)=O. The smallest absolute Gasteiger partial charge is 0.160 e. The number of nitriles is 1. The zero-order chi connectivity index (χ0) is 16.1. The molecule has 2 heteroatoms. The van der Waals surface area contributed by atoms with Crippen molar-refractivity contribution >= 4 is 5.78 Å². The van der Waals surface area contributed by atoms with Gasteiger partial charge in [-0.05, 0) is 54.2 Å². The molecule has 1 atom stereocenters. The number of hydrogen-bond donors (Lipinski definition) is 0. The topological polar surface area (TPSA) is 40.9 Å². The monoisotopic (exact) mass is 291 g/mol. The Morgan fingerprint density at radius 2 is 1.91 bits per heavy atom. The molecule has 0 aliphatic carbocycles. The minimum absolute atomic E-state index is 0.0941. The summed E-state index contributed by atoms with van der Waals surface area (Å²) >= 11 is 0. The number of ketones is 1. The molecule has 0 saturated heterocycles. The number of hydrogen-bond acceptors (Lipinski definition) is 2. The summed E-state index contributed by atoms with van der Waals surface area (Å²) in [4.78, 5) is 12.0. The number of benzene rings is 2. The molecule has 2 aromatic carbocycles. The molecule has 0 heterocycles. The first-order chi connectivity index (χ1) is 10.5. The maximum Gasteiger partial charge on any atom is 0.160 e. The molecule has 0 aliphatic heterocycles. The minimum Gasteiger partial charge on any atom is -0.295 e. The standard InChI is InChI=1S/C20H21NO/c1-4-14(2)10-19-9-8-18(12-20(19)15(3)22)17-7-5-6-16(11-17)13-21/h5-9,11-12,14H,4,10H2,1-3H3. The molecule has 112 valence electrons. The Morgan fingerprint density at radius 1 is 1.18 bits per heavy atom. The molecule has 2 nitrogen and oxygen atoms in total. The quantitative estimate of drug-likeness (QED) is 0.726. The van der Waals surface area contributed by atoms with Crippen LogP contribution in [0.15, 0.2) is 42.5 Å². The Hall–Kier alpha value is -2.40. The van der Waals surface area contributed by atoms with E-state index in [1.54, 1.807) is 13.0 Å². The Labute approximate surface area is 132 Å². The fraction of sp³-hybridized carbons (Fsp3) is 0.300. The predicted molar refractivity (Wildman–Crippen MR) is 89.8 cm³/mol. The second kappa shape index (κ2) is 7.04. The van der Waals surface area contributed by atoms with E-state index in [0.29, 0.717) is 11.5 Å². The van der Waals surface area contributed by atoms with Crippen molar-refractivity contribution < 1.29 is 4.79 Å². The van der Waals surface area contributed by atoms with Gasteiger partial charge in [0.25, 0.3) is 0 Å². The fourth-order valence-electron chi connectivity index (χ4n) is 2.55. The molecule has 2 rings (SSSR count). The molecule has 0 amide bonds. The van der Waals surface area contributed by atoms with E-state index in [-0.39, 0.29) is 5.78 Å². The van der Waals surface area contributed by atoms with Crippen LogP contribution in [0, 0.1) is 17.2 Å². The van der Waals surface area contributed by atoms with Gasteiger partial charge in [-0.3, -0.25) is 4.79 Å². The lowest BCUT2D eigenvalue weighted by Gasteiger charge is -2.13. The van der Waals surface area contributed by atoms with Gasteiger partial charge in [0.05, 0.1) is 11.6 Å². The van der Waals surface area contributed by atoms with Crippen LogP contribution >= 0.6 is 0 Å². The molecule has 2 aromatic rings. The fourth-order valence-corrected chi connectivity index (χ4v) is 2.55. The van der Waals surface area contributed by atoms with E-state index < -0.39 is 0 Å². The lowest BCUT2D eigenvalue weighted by molar-refractivity contribution is 0.101. The van der Waals surface area contributed by atoms with Crippen molar-refractivity contribution in [2.24, 2.45) is 5.92 Å². The summed E-state index contributed by atoms with van der Waals surface area (Å²) in [7, 11) is 0. The van der Waals surface area contributed by atoms with Crippen LogP contribution in [0.4, 0.5) is 0 Å². The Kier molecular flexibility index (Phi) is 5.12. The van der Waals surface area contributed by atoms with Crippen LogP contribution in [-0.2, 0) is 6.42 Å². The van der Waals surface area contributed by atoms with Crippen LogP contribution < -0.4 is 0 Å². The van der Waals surface area contributed by atoms with Crippen LogP contribution in [0.3, 0.4) is 0 Å². The highest BCUT2D eigenvalue weighted by molar-refractivity contribution is 5.97. The summed E-state index contributed by atoms with van der Waals surface area (Å²) in [6.45, 7) is 5.99. The molecule has 0 radical (unpaired) electrons. The highest BCUT2D eigenvalue weighted by Crippen LogP contribution is 2.25. The van der Waals surface area contributed by atoms with E-state index in [9.17, 15) is 4.79 Å². The summed E-state index contributed by atoms with van der Waals surface area (Å²) in [5, 5.41) is 9.02. The second-order valence-corrected chi connectivity index (χ2v) is 5.84. The Balaban J connectivity index is 2.45. The first-order valence-electron chi connectivity index (χ1n) is 7.69. The van der Waals surface area contributed by atoms with E-state index in [1.165, 1.54) is 0 Å². The molecule has 0 aromatic heterocycles. The van der Waals surface area contributed by atoms with Gasteiger partial charge in [-0.1, -0.05) is 44.5 Å². The third-order valence-electron chi connectivity index (χ3n) is 4.08. The van der Waals surface area contributed by atoms with Crippen molar-refractivity contribution in [2.75, 3.05) is 0 Å². The maximum atomic E-state index is 12.0. The van der Waals surface area contributed by atoms with Crippen LogP contribution in [-0.4, -0.2) is 5.78 Å². The highest BCUT2D eigenvalue weighted by Gasteiger charge is 2.12. The van der Waals surface area contributed by atoms with Crippen molar-refractivity contribution in [1.82, 2.24) is 0 Å². The van der Waals surface area contributed by atoms with Gasteiger partial charge in [-0.25, -0.2) is 0 Å². The van der Waals surface area contributed by atoms with E-state index >= 15 is 0 Å². The lowest BCUT2D eigenvalue weighted by atomic mass is 9.91. The lowest BCUT2D eigenvalue weighted by Crippen LogP contribution is -2.05. The average molecular weight is 291 g/mol. The third kappa shape index (κ3) is 3.62. The first kappa shape index (κ1) is 16.0. The largest absolute Gasteiger partial charge is 0.295 e.